The van der Waals surface area contributed by atoms with Crippen molar-refractivity contribution in [3.63, 3.8) is 0 Å². The van der Waals surface area contributed by atoms with Crippen molar-refractivity contribution in [3.05, 3.63) is 0 Å². The lowest BCUT2D eigenvalue weighted by Crippen LogP contribution is -2.47. The number of nitrogens with one attached hydrogen (secondary N) is 1. The Morgan fingerprint density at radius 3 is 1.17 bits per heavy atom. The summed E-state index contributed by atoms with van der Waals surface area (Å²) in [4.78, 5) is 59.8. The molecule has 0 rings (SSSR count). The Morgan fingerprint density at radius 1 is 0.600 bits per heavy atom. The van der Waals surface area contributed by atoms with Crippen molar-refractivity contribution in [1.29, 1.82) is 0 Å². The second kappa shape index (κ2) is 14.3. The van der Waals surface area contributed by atoms with E-state index >= 15 is 0 Å². The first-order valence-corrected chi connectivity index (χ1v) is 9.22. The van der Waals surface area contributed by atoms with Crippen LogP contribution in [0.4, 0.5) is 0 Å². The maximum absolute atomic E-state index is 12.1. The van der Waals surface area contributed by atoms with E-state index in [1.165, 1.54) is 9.80 Å². The van der Waals surface area contributed by atoms with Crippen molar-refractivity contribution in [2.75, 3.05) is 58.9 Å². The number of carbonyl (C=O) groups is 5. The lowest BCUT2D eigenvalue weighted by Gasteiger charge is -2.28. The van der Waals surface area contributed by atoms with Gasteiger partial charge in [0.15, 0.2) is 0 Å². The second-order valence-corrected chi connectivity index (χ2v) is 6.99. The fourth-order valence-corrected chi connectivity index (χ4v) is 2.60. The second-order valence-electron chi connectivity index (χ2n) is 6.99. The molecule has 13 heteroatoms. The average Bonchev–Trinajstić information content (AvgIpc) is 2.53. The zero-order valence-corrected chi connectivity index (χ0v) is 17.1. The summed E-state index contributed by atoms with van der Waals surface area (Å²) in [5, 5.41) is 38.4. The van der Waals surface area contributed by atoms with Gasteiger partial charge in [0.05, 0.1) is 32.7 Å². The van der Waals surface area contributed by atoms with Gasteiger partial charge < -0.3 is 25.7 Å². The van der Waals surface area contributed by atoms with Crippen LogP contribution in [0.3, 0.4) is 0 Å². The Labute approximate surface area is 173 Å². The largest absolute Gasteiger partial charge is 0.480 e. The molecule has 30 heavy (non-hydrogen) atoms. The molecule has 0 fully saturated rings. The van der Waals surface area contributed by atoms with Crippen molar-refractivity contribution in [2.45, 2.75) is 19.9 Å². The molecule has 0 aliphatic carbocycles. The van der Waals surface area contributed by atoms with Crippen LogP contribution in [-0.4, -0.2) is 130 Å². The van der Waals surface area contributed by atoms with Gasteiger partial charge in [0.1, 0.15) is 0 Å². The molecule has 0 atom stereocenters. The van der Waals surface area contributed by atoms with Crippen molar-refractivity contribution >= 4 is 29.8 Å². The lowest BCUT2D eigenvalue weighted by molar-refractivity contribution is -0.143. The monoisotopic (exact) mass is 434 g/mol. The Bertz CT molecular complexity index is 540. The van der Waals surface area contributed by atoms with Crippen LogP contribution >= 0.6 is 0 Å². The van der Waals surface area contributed by atoms with Gasteiger partial charge in [-0.1, -0.05) is 0 Å². The minimum absolute atomic E-state index is 0.0332. The molecule has 0 unspecified atom stereocenters. The van der Waals surface area contributed by atoms with Gasteiger partial charge in [-0.25, -0.2) is 0 Å². The number of rotatable bonds is 17. The summed E-state index contributed by atoms with van der Waals surface area (Å²) in [6.45, 7) is 1.77. The number of hydrogen-bond acceptors (Lipinski definition) is 8. The molecule has 5 N–H and O–H groups in total. The first-order chi connectivity index (χ1) is 13.9. The van der Waals surface area contributed by atoms with Crippen LogP contribution in [-0.2, 0) is 24.0 Å². The molecule has 0 aromatic rings. The van der Waals surface area contributed by atoms with Gasteiger partial charge in [-0.15, -0.1) is 0 Å². The normalized spacial score (nSPS) is 11.3. The van der Waals surface area contributed by atoms with Crippen LogP contribution in [0.15, 0.2) is 0 Å². The smallest absolute Gasteiger partial charge is 0.317 e. The molecule has 0 spiro atoms. The van der Waals surface area contributed by atoms with E-state index in [0.717, 1.165) is 0 Å². The molecular weight excluding hydrogens is 404 g/mol. The topological polar surface area (TPSA) is 188 Å². The molecule has 13 nitrogen and oxygen atoms in total. The molecule has 0 aromatic carbocycles. The van der Waals surface area contributed by atoms with E-state index in [2.05, 4.69) is 5.32 Å². The third-order valence-electron chi connectivity index (χ3n) is 3.72. The highest BCUT2D eigenvalue weighted by atomic mass is 16.4. The van der Waals surface area contributed by atoms with E-state index in [0.29, 0.717) is 0 Å². The predicted molar refractivity (Wildman–Crippen MR) is 103 cm³/mol. The van der Waals surface area contributed by atoms with Gasteiger partial charge in [0, 0.05) is 32.2 Å². The van der Waals surface area contributed by atoms with E-state index in [1.807, 2.05) is 0 Å². The summed E-state index contributed by atoms with van der Waals surface area (Å²) in [6.07, 6.45) is 0. The van der Waals surface area contributed by atoms with Gasteiger partial charge in [0.25, 0.3) is 0 Å². The van der Waals surface area contributed by atoms with Crippen LogP contribution in [0.1, 0.15) is 13.8 Å². The lowest BCUT2D eigenvalue weighted by atomic mass is 10.3. The number of nitrogens with zero attached hydrogens (tertiary/aromatic N) is 3. The summed E-state index contributed by atoms with van der Waals surface area (Å²) in [6, 6.07) is -0.120. The SMILES string of the molecule is CC(C)NC(=O)CN(CCN(CC(=O)O)CC(=O)O)CCN(CC(=O)O)CC(=O)O. The molecule has 172 valence electrons. The first kappa shape index (κ1) is 27.2. The Hall–Kier alpha value is -2.77. The van der Waals surface area contributed by atoms with Gasteiger partial charge in [-0.3, -0.25) is 38.7 Å². The third-order valence-corrected chi connectivity index (χ3v) is 3.72. The molecule has 1 amide bonds. The van der Waals surface area contributed by atoms with E-state index in [1.54, 1.807) is 18.7 Å². The van der Waals surface area contributed by atoms with Crippen molar-refractivity contribution in [1.82, 2.24) is 20.0 Å². The molecule has 0 heterocycles. The minimum Gasteiger partial charge on any atom is -0.480 e. The summed E-state index contributed by atoms with van der Waals surface area (Å²) in [5.41, 5.74) is 0. The highest BCUT2D eigenvalue weighted by molar-refractivity contribution is 5.78. The third kappa shape index (κ3) is 15.2. The predicted octanol–water partition coefficient (Wildman–Crippen LogP) is -2.24. The summed E-state index contributed by atoms with van der Waals surface area (Å²) in [5.74, 6) is -5.12. The number of aliphatic carboxylic acids is 4. The average molecular weight is 434 g/mol. The molecule has 0 radical (unpaired) electrons. The van der Waals surface area contributed by atoms with Crippen LogP contribution in [0.5, 0.6) is 0 Å². The number of amides is 1. The van der Waals surface area contributed by atoms with Crippen LogP contribution < -0.4 is 5.32 Å². The van der Waals surface area contributed by atoms with Gasteiger partial charge >= 0.3 is 23.9 Å². The molecule has 0 aliphatic heterocycles. The molecule has 0 saturated heterocycles. The van der Waals surface area contributed by atoms with E-state index in [9.17, 15) is 24.0 Å². The van der Waals surface area contributed by atoms with Gasteiger partial charge in [0.2, 0.25) is 5.91 Å². The van der Waals surface area contributed by atoms with Crippen molar-refractivity contribution in [2.24, 2.45) is 0 Å². The fraction of sp³-hybridized carbons (Fsp3) is 0.706. The van der Waals surface area contributed by atoms with E-state index in [-0.39, 0.29) is 44.7 Å². The van der Waals surface area contributed by atoms with Crippen molar-refractivity contribution in [3.8, 4) is 0 Å². The minimum atomic E-state index is -1.20. The van der Waals surface area contributed by atoms with Crippen LogP contribution in [0, 0.1) is 0 Å². The summed E-state index contributed by atoms with van der Waals surface area (Å²) >= 11 is 0. The summed E-state index contributed by atoms with van der Waals surface area (Å²) in [7, 11) is 0. The van der Waals surface area contributed by atoms with Crippen molar-refractivity contribution < 1.29 is 44.4 Å². The first-order valence-electron chi connectivity index (χ1n) is 9.22. The standard InChI is InChI=1S/C17H30N4O9/c1-12(2)18-13(22)7-19(3-5-20(8-14(23)24)9-15(25)26)4-6-21(10-16(27)28)11-17(29)30/h12H,3-11H2,1-2H3,(H,18,22)(H,23,24)(H,25,26)(H,27,28)(H,29,30). The Morgan fingerprint density at radius 2 is 0.900 bits per heavy atom. The number of carbonyl (C=O) groups excluding carboxylic acids is 1. The van der Waals surface area contributed by atoms with Crippen LogP contribution in [0.25, 0.3) is 0 Å². The summed E-state index contributed by atoms with van der Waals surface area (Å²) < 4.78 is 0. The molecular formula is C17H30N4O9. The van der Waals surface area contributed by atoms with E-state index in [4.69, 9.17) is 20.4 Å². The number of carboxylic acid groups (broad SMARTS) is 4. The molecule has 0 bridgehead atoms. The van der Waals surface area contributed by atoms with Gasteiger partial charge in [-0.2, -0.15) is 0 Å². The van der Waals surface area contributed by atoms with Gasteiger partial charge in [-0.05, 0) is 13.8 Å². The quantitative estimate of drug-likeness (QED) is 0.166. The highest BCUT2D eigenvalue weighted by Gasteiger charge is 2.19. The molecule has 0 aromatic heterocycles. The highest BCUT2D eigenvalue weighted by Crippen LogP contribution is 1.97. The van der Waals surface area contributed by atoms with Crippen LogP contribution in [0.2, 0.25) is 0 Å². The van der Waals surface area contributed by atoms with E-state index < -0.39 is 50.1 Å². The fourth-order valence-electron chi connectivity index (χ4n) is 2.60. The maximum Gasteiger partial charge on any atom is 0.317 e. The maximum atomic E-state index is 12.1. The molecule has 0 aliphatic rings. The molecule has 0 saturated carbocycles. The number of hydrogen-bond donors (Lipinski definition) is 5. The Kier molecular flexibility index (Phi) is 12.9. The zero-order chi connectivity index (χ0) is 23.3. The zero-order valence-electron chi connectivity index (χ0n) is 17.1. The number of carboxylic acids is 4. The Balaban J connectivity index is 5.11.